The van der Waals surface area contributed by atoms with E-state index in [9.17, 15) is 8.78 Å². The van der Waals surface area contributed by atoms with Crippen LogP contribution in [-0.2, 0) is 6.42 Å². The van der Waals surface area contributed by atoms with Crippen LogP contribution in [0.15, 0.2) is 42.4 Å². The molecule has 0 aliphatic heterocycles. The Kier molecular flexibility index (Phi) is 5.65. The number of hydrogen-bond donors (Lipinski definition) is 0. The summed E-state index contributed by atoms with van der Waals surface area (Å²) in [5.74, 6) is -0.259. The largest absolute Gasteiger partial charge is 0.207 e. The Balaban J connectivity index is 1.63. The Morgan fingerprint density at radius 3 is 2.44 bits per heavy atom. The molecule has 2 aromatic carbocycles. The molecule has 1 aliphatic carbocycles. The second-order valence-electron chi connectivity index (χ2n) is 7.92. The molecule has 146 valence electrons. The van der Waals surface area contributed by atoms with Crippen molar-refractivity contribution in [2.24, 2.45) is 11.8 Å². The van der Waals surface area contributed by atoms with Crippen LogP contribution in [0.4, 0.5) is 8.78 Å². The first-order valence-corrected chi connectivity index (χ1v) is 10.4. The Bertz CT molecular complexity index is 876. The molecule has 2 heteroatoms. The van der Waals surface area contributed by atoms with Gasteiger partial charge in [0.25, 0.3) is 0 Å². The predicted molar refractivity (Wildman–Crippen MR) is 110 cm³/mol. The van der Waals surface area contributed by atoms with Crippen LogP contribution in [0.25, 0.3) is 11.1 Å². The smallest absolute Gasteiger partial charge is 0.131 e. The lowest BCUT2D eigenvalue weighted by Gasteiger charge is -2.28. The van der Waals surface area contributed by atoms with E-state index in [-0.39, 0.29) is 11.1 Å². The monoisotopic (exact) mass is 374 g/mol. The average molecular weight is 375 g/mol. The van der Waals surface area contributed by atoms with E-state index in [1.165, 1.54) is 63.5 Å². The predicted octanol–water partition coefficient (Wildman–Crippen LogP) is 7.95. The van der Waals surface area contributed by atoms with Crippen molar-refractivity contribution in [2.75, 3.05) is 0 Å². The van der Waals surface area contributed by atoms with Crippen molar-refractivity contribution in [2.45, 2.75) is 71.1 Å². The van der Waals surface area contributed by atoms with E-state index in [2.05, 4.69) is 6.92 Å². The maximum absolute atomic E-state index is 14.8. The Morgan fingerprint density at radius 1 is 1.00 bits per heavy atom. The standard InChI is InChI=1S/C25H32F2/c1-2-3-4-6-19-9-11-20(12-10-19)13-14-21-15-16-24(25(27)17-21)22-7-5-8-23(26)18-22/h5,7-8,15-20H,2-4,6,9-14H2,1H3/i5D,7D,8D,18D. The van der Waals surface area contributed by atoms with Crippen molar-refractivity contribution in [1.82, 2.24) is 0 Å². The summed E-state index contributed by atoms with van der Waals surface area (Å²) in [6, 6.07) is 2.04. The highest BCUT2D eigenvalue weighted by molar-refractivity contribution is 5.64. The van der Waals surface area contributed by atoms with E-state index >= 15 is 0 Å². The minimum absolute atomic E-state index is 0.0567. The molecule has 0 aromatic heterocycles. The van der Waals surface area contributed by atoms with E-state index in [4.69, 9.17) is 5.48 Å². The van der Waals surface area contributed by atoms with Crippen molar-refractivity contribution in [3.8, 4) is 11.1 Å². The third-order valence-corrected chi connectivity index (χ3v) is 5.92. The fourth-order valence-electron chi connectivity index (χ4n) is 4.24. The first kappa shape index (κ1) is 15.2. The summed E-state index contributed by atoms with van der Waals surface area (Å²) in [6.07, 6.45) is 12.2. The van der Waals surface area contributed by atoms with E-state index in [1.807, 2.05) is 0 Å². The van der Waals surface area contributed by atoms with Gasteiger partial charge in [-0.25, -0.2) is 8.78 Å². The third kappa shape index (κ3) is 5.89. The normalized spacial score (nSPS) is 22.0. The van der Waals surface area contributed by atoms with Gasteiger partial charge in [0, 0.05) is 5.56 Å². The van der Waals surface area contributed by atoms with Gasteiger partial charge < -0.3 is 0 Å². The van der Waals surface area contributed by atoms with Crippen LogP contribution in [0.2, 0.25) is 0 Å². The number of benzene rings is 2. The molecule has 0 heterocycles. The molecular formula is C25H32F2. The summed E-state index contributed by atoms with van der Waals surface area (Å²) in [7, 11) is 0. The molecule has 1 saturated carbocycles. The summed E-state index contributed by atoms with van der Waals surface area (Å²) in [5.41, 5.74) is 0.538. The minimum atomic E-state index is -1.19. The van der Waals surface area contributed by atoms with Gasteiger partial charge in [-0.1, -0.05) is 82.5 Å². The minimum Gasteiger partial charge on any atom is -0.207 e. The second-order valence-corrected chi connectivity index (χ2v) is 7.92. The van der Waals surface area contributed by atoms with Crippen LogP contribution < -0.4 is 0 Å². The lowest BCUT2D eigenvalue weighted by atomic mass is 9.78. The molecule has 1 fully saturated rings. The van der Waals surface area contributed by atoms with E-state index in [0.717, 1.165) is 24.3 Å². The Morgan fingerprint density at radius 2 is 1.74 bits per heavy atom. The van der Waals surface area contributed by atoms with E-state index in [0.29, 0.717) is 5.92 Å². The summed E-state index contributed by atoms with van der Waals surface area (Å²) < 4.78 is 59.9. The lowest BCUT2D eigenvalue weighted by Crippen LogP contribution is -2.15. The maximum atomic E-state index is 14.8. The molecule has 0 nitrogen and oxygen atoms in total. The molecule has 27 heavy (non-hydrogen) atoms. The summed E-state index contributed by atoms with van der Waals surface area (Å²) in [5, 5.41) is 0. The first-order chi connectivity index (χ1) is 14.8. The van der Waals surface area contributed by atoms with Crippen LogP contribution in [0.5, 0.6) is 0 Å². The van der Waals surface area contributed by atoms with Crippen LogP contribution in [0, 0.1) is 23.5 Å². The lowest BCUT2D eigenvalue weighted by molar-refractivity contribution is 0.249. The van der Waals surface area contributed by atoms with Crippen molar-refractivity contribution >= 4 is 0 Å². The summed E-state index contributed by atoms with van der Waals surface area (Å²) in [6.45, 7) is 2.24. The number of halogens is 2. The zero-order valence-electron chi connectivity index (χ0n) is 20.2. The van der Waals surface area contributed by atoms with Crippen LogP contribution in [0.1, 0.15) is 75.8 Å². The highest BCUT2D eigenvalue weighted by Gasteiger charge is 2.20. The van der Waals surface area contributed by atoms with E-state index < -0.39 is 35.8 Å². The maximum Gasteiger partial charge on any atom is 0.131 e. The molecule has 0 atom stereocenters. The van der Waals surface area contributed by atoms with Crippen molar-refractivity contribution in [3.63, 3.8) is 0 Å². The average Bonchev–Trinajstić information content (AvgIpc) is 2.77. The highest BCUT2D eigenvalue weighted by Crippen LogP contribution is 2.34. The number of unbranched alkanes of at least 4 members (excludes halogenated alkanes) is 2. The fourth-order valence-corrected chi connectivity index (χ4v) is 4.24. The molecule has 2 aromatic rings. The molecule has 0 bridgehead atoms. The Hall–Kier alpha value is -1.70. The quantitative estimate of drug-likeness (QED) is 0.411. The van der Waals surface area contributed by atoms with Crippen LogP contribution >= 0.6 is 0 Å². The van der Waals surface area contributed by atoms with Gasteiger partial charge in [0.05, 0.1) is 5.48 Å². The van der Waals surface area contributed by atoms with Crippen molar-refractivity contribution in [1.29, 1.82) is 0 Å². The number of rotatable bonds is 8. The number of aryl methyl sites for hydroxylation is 1. The molecule has 0 N–H and O–H groups in total. The number of hydrogen-bond acceptors (Lipinski definition) is 0. The van der Waals surface area contributed by atoms with Gasteiger partial charge in [0.15, 0.2) is 0 Å². The second kappa shape index (κ2) is 10.0. The molecule has 0 saturated heterocycles. The fraction of sp³-hybridized carbons (Fsp3) is 0.520. The van der Waals surface area contributed by atoms with Gasteiger partial charge in [-0.3, -0.25) is 0 Å². The SMILES string of the molecule is [2H]c1c([2H])c(F)c([2H])c(-c2ccc(CCC3CCC(CCCCC)CC3)cc2F)c1[2H]. The highest BCUT2D eigenvalue weighted by atomic mass is 19.1. The zero-order chi connectivity index (χ0) is 22.5. The first-order valence-electron chi connectivity index (χ1n) is 12.4. The third-order valence-electron chi connectivity index (χ3n) is 5.92. The molecule has 0 unspecified atom stereocenters. The topological polar surface area (TPSA) is 0 Å². The van der Waals surface area contributed by atoms with Gasteiger partial charge in [0.1, 0.15) is 11.6 Å². The summed E-state index contributed by atoms with van der Waals surface area (Å²) in [4.78, 5) is 0. The zero-order valence-corrected chi connectivity index (χ0v) is 16.2. The van der Waals surface area contributed by atoms with Crippen molar-refractivity contribution in [3.05, 3.63) is 59.6 Å². The van der Waals surface area contributed by atoms with Gasteiger partial charge in [-0.05, 0) is 54.0 Å². The van der Waals surface area contributed by atoms with Crippen LogP contribution in [-0.4, -0.2) is 0 Å². The molecule has 0 spiro atoms. The van der Waals surface area contributed by atoms with Gasteiger partial charge >= 0.3 is 0 Å². The van der Waals surface area contributed by atoms with Crippen LogP contribution in [0.3, 0.4) is 0 Å². The summed E-state index contributed by atoms with van der Waals surface area (Å²) >= 11 is 0. The molecule has 0 radical (unpaired) electrons. The Labute approximate surface area is 168 Å². The molecule has 0 amide bonds. The van der Waals surface area contributed by atoms with Gasteiger partial charge in [-0.15, -0.1) is 0 Å². The molecule has 1 aliphatic rings. The van der Waals surface area contributed by atoms with Gasteiger partial charge in [-0.2, -0.15) is 0 Å². The van der Waals surface area contributed by atoms with Crippen molar-refractivity contribution < 1.29 is 14.3 Å². The van der Waals surface area contributed by atoms with E-state index in [1.54, 1.807) is 6.07 Å². The molecule has 3 rings (SSSR count). The molecular weight excluding hydrogens is 338 g/mol. The van der Waals surface area contributed by atoms with Gasteiger partial charge in [0.2, 0.25) is 0 Å².